The second-order valence-electron chi connectivity index (χ2n) is 4.32. The number of methoxy groups -OCH3 is 1. The molecule has 0 spiro atoms. The Morgan fingerprint density at radius 1 is 1.30 bits per heavy atom. The molecule has 3 aromatic rings. The molecule has 0 amide bonds. The number of benzene rings is 1. The lowest BCUT2D eigenvalue weighted by Crippen LogP contribution is -2.02. The van der Waals surface area contributed by atoms with Crippen LogP contribution in [0.4, 0.5) is 0 Å². The Morgan fingerprint density at radius 2 is 2.05 bits per heavy atom. The molecule has 1 aromatic carbocycles. The smallest absolute Gasteiger partial charge is 0.131 e. The van der Waals surface area contributed by atoms with E-state index in [0.717, 1.165) is 25.0 Å². The third-order valence-electron chi connectivity index (χ3n) is 3.05. The normalized spacial score (nSPS) is 10.9. The van der Waals surface area contributed by atoms with Gasteiger partial charge in [0.05, 0.1) is 25.4 Å². The lowest BCUT2D eigenvalue weighted by atomic mass is 10.2. The molecule has 102 valence electrons. The van der Waals surface area contributed by atoms with E-state index in [0.29, 0.717) is 6.54 Å². The zero-order chi connectivity index (χ0) is 14.1. The Labute approximate surface area is 138 Å². The molecule has 6 heteroatoms. The first kappa shape index (κ1) is 13.8. The third-order valence-corrected chi connectivity index (χ3v) is 4.28. The van der Waals surface area contributed by atoms with Crippen molar-refractivity contribution in [3.8, 4) is 5.75 Å². The second kappa shape index (κ2) is 5.69. The Bertz CT molecular complexity index is 755. The fourth-order valence-electron chi connectivity index (χ4n) is 2.03. The summed E-state index contributed by atoms with van der Waals surface area (Å²) in [6, 6.07) is 10.0. The van der Waals surface area contributed by atoms with Gasteiger partial charge in [0.1, 0.15) is 14.1 Å². The molecular weight excluding hydrogens is 433 g/mol. The van der Waals surface area contributed by atoms with E-state index in [1.165, 1.54) is 5.56 Å². The van der Waals surface area contributed by atoms with Crippen LogP contribution in [-0.4, -0.2) is 21.9 Å². The highest BCUT2D eigenvalue weighted by Gasteiger charge is 2.09. The van der Waals surface area contributed by atoms with E-state index in [1.807, 2.05) is 41.2 Å². The summed E-state index contributed by atoms with van der Waals surface area (Å²) in [7, 11) is 1.67. The first-order valence-electron chi connectivity index (χ1n) is 5.98. The molecule has 2 aromatic heterocycles. The van der Waals surface area contributed by atoms with Crippen LogP contribution in [0.1, 0.15) is 5.56 Å². The van der Waals surface area contributed by atoms with Crippen molar-refractivity contribution in [2.24, 2.45) is 0 Å². The van der Waals surface area contributed by atoms with Gasteiger partial charge in [0.25, 0.3) is 0 Å². The summed E-state index contributed by atoms with van der Waals surface area (Å²) in [5.41, 5.74) is 2.21. The number of rotatable bonds is 3. The average molecular weight is 444 g/mol. The SMILES string of the molecule is COc1ccc(Cn2nc(I)c3cc(Br)ncc32)cc1. The summed E-state index contributed by atoms with van der Waals surface area (Å²) in [4.78, 5) is 4.28. The molecule has 2 heterocycles. The van der Waals surface area contributed by atoms with Gasteiger partial charge in [-0.05, 0) is 62.3 Å². The quantitative estimate of drug-likeness (QED) is 0.456. The van der Waals surface area contributed by atoms with Crippen LogP contribution in [0.2, 0.25) is 0 Å². The van der Waals surface area contributed by atoms with E-state index in [4.69, 9.17) is 4.74 Å². The number of nitrogens with zero attached hydrogens (tertiary/aromatic N) is 3. The summed E-state index contributed by atoms with van der Waals surface area (Å²) in [6.45, 7) is 0.715. The molecule has 0 aliphatic rings. The number of ether oxygens (including phenoxy) is 1. The number of hydrogen-bond donors (Lipinski definition) is 0. The standard InChI is InChI=1S/C14H11BrIN3O/c1-20-10-4-2-9(3-5-10)8-19-12-7-17-13(15)6-11(12)14(16)18-19/h2-7H,8H2,1H3. The van der Waals surface area contributed by atoms with Crippen LogP contribution in [-0.2, 0) is 6.54 Å². The maximum atomic E-state index is 5.17. The van der Waals surface area contributed by atoms with E-state index < -0.39 is 0 Å². The van der Waals surface area contributed by atoms with Crippen molar-refractivity contribution < 1.29 is 4.74 Å². The number of aromatic nitrogens is 3. The molecule has 3 rings (SSSR count). The van der Waals surface area contributed by atoms with Crippen LogP contribution in [0.25, 0.3) is 10.9 Å². The number of halogens is 2. The van der Waals surface area contributed by atoms with Gasteiger partial charge >= 0.3 is 0 Å². The summed E-state index contributed by atoms with van der Waals surface area (Å²) in [5.74, 6) is 0.860. The van der Waals surface area contributed by atoms with E-state index >= 15 is 0 Å². The number of hydrogen-bond acceptors (Lipinski definition) is 3. The van der Waals surface area contributed by atoms with Gasteiger partial charge in [-0.2, -0.15) is 5.10 Å². The van der Waals surface area contributed by atoms with Crippen molar-refractivity contribution in [2.75, 3.05) is 7.11 Å². The van der Waals surface area contributed by atoms with Gasteiger partial charge in [0.2, 0.25) is 0 Å². The second-order valence-corrected chi connectivity index (χ2v) is 6.15. The minimum absolute atomic E-state index is 0.715. The van der Waals surface area contributed by atoms with Crippen LogP contribution in [0.3, 0.4) is 0 Å². The molecule has 0 radical (unpaired) electrons. The minimum atomic E-state index is 0.715. The van der Waals surface area contributed by atoms with Crippen molar-refractivity contribution >= 4 is 49.4 Å². The van der Waals surface area contributed by atoms with Crippen LogP contribution < -0.4 is 4.74 Å². The number of pyridine rings is 1. The predicted octanol–water partition coefficient (Wildman–Crippen LogP) is 3.86. The lowest BCUT2D eigenvalue weighted by Gasteiger charge is -2.05. The molecule has 20 heavy (non-hydrogen) atoms. The topological polar surface area (TPSA) is 39.9 Å². The van der Waals surface area contributed by atoms with Crippen molar-refractivity contribution in [1.82, 2.24) is 14.8 Å². The highest BCUT2D eigenvalue weighted by atomic mass is 127. The maximum Gasteiger partial charge on any atom is 0.131 e. The Hall–Kier alpha value is -1.15. The first-order chi connectivity index (χ1) is 9.67. The highest BCUT2D eigenvalue weighted by Crippen LogP contribution is 2.23. The molecule has 0 unspecified atom stereocenters. The molecule has 0 atom stereocenters. The maximum absolute atomic E-state index is 5.17. The van der Waals surface area contributed by atoms with Gasteiger partial charge in [-0.25, -0.2) is 4.98 Å². The third kappa shape index (κ3) is 2.67. The predicted molar refractivity (Wildman–Crippen MR) is 90.0 cm³/mol. The van der Waals surface area contributed by atoms with Gasteiger partial charge in [-0.1, -0.05) is 12.1 Å². The Kier molecular flexibility index (Phi) is 3.93. The van der Waals surface area contributed by atoms with E-state index in [-0.39, 0.29) is 0 Å². The summed E-state index contributed by atoms with van der Waals surface area (Å²) >= 11 is 5.64. The highest BCUT2D eigenvalue weighted by molar-refractivity contribution is 14.1. The molecule has 0 aliphatic carbocycles. The van der Waals surface area contributed by atoms with Crippen LogP contribution >= 0.6 is 38.5 Å². The molecule has 0 saturated carbocycles. The fourth-order valence-corrected chi connectivity index (χ4v) is 3.06. The largest absolute Gasteiger partial charge is 0.497 e. The van der Waals surface area contributed by atoms with Crippen LogP contribution in [0.5, 0.6) is 5.75 Å². The molecular formula is C14H11BrIN3O. The van der Waals surface area contributed by atoms with Crippen LogP contribution in [0.15, 0.2) is 41.1 Å². The minimum Gasteiger partial charge on any atom is -0.497 e. The van der Waals surface area contributed by atoms with Crippen molar-refractivity contribution in [1.29, 1.82) is 0 Å². The van der Waals surface area contributed by atoms with Gasteiger partial charge in [0, 0.05) is 5.39 Å². The summed E-state index contributed by atoms with van der Waals surface area (Å²) in [6.07, 6.45) is 1.85. The van der Waals surface area contributed by atoms with Crippen molar-refractivity contribution in [2.45, 2.75) is 6.54 Å². The van der Waals surface area contributed by atoms with Crippen LogP contribution in [0, 0.1) is 3.70 Å². The Balaban J connectivity index is 1.97. The number of fused-ring (bicyclic) bond motifs is 1. The van der Waals surface area contributed by atoms with Gasteiger partial charge < -0.3 is 4.74 Å². The van der Waals surface area contributed by atoms with Gasteiger partial charge in [-0.15, -0.1) is 0 Å². The van der Waals surface area contributed by atoms with Gasteiger partial charge in [0.15, 0.2) is 0 Å². The lowest BCUT2D eigenvalue weighted by molar-refractivity contribution is 0.414. The molecule has 0 fully saturated rings. The molecule has 0 N–H and O–H groups in total. The summed E-state index contributed by atoms with van der Waals surface area (Å²) in [5, 5.41) is 5.69. The molecule has 0 saturated heterocycles. The zero-order valence-corrected chi connectivity index (χ0v) is 14.4. The fraction of sp³-hybridized carbons (Fsp3) is 0.143. The summed E-state index contributed by atoms with van der Waals surface area (Å²) < 4.78 is 8.95. The molecule has 0 bridgehead atoms. The zero-order valence-electron chi connectivity index (χ0n) is 10.7. The van der Waals surface area contributed by atoms with E-state index in [9.17, 15) is 0 Å². The molecule has 0 aliphatic heterocycles. The van der Waals surface area contributed by atoms with E-state index in [1.54, 1.807) is 7.11 Å². The van der Waals surface area contributed by atoms with Gasteiger partial charge in [-0.3, -0.25) is 4.68 Å². The first-order valence-corrected chi connectivity index (χ1v) is 7.85. The average Bonchev–Trinajstić information content (AvgIpc) is 2.76. The van der Waals surface area contributed by atoms with Crippen molar-refractivity contribution in [3.63, 3.8) is 0 Å². The molecule has 4 nitrogen and oxygen atoms in total. The monoisotopic (exact) mass is 443 g/mol. The van der Waals surface area contributed by atoms with E-state index in [2.05, 4.69) is 48.6 Å². The van der Waals surface area contributed by atoms with Crippen molar-refractivity contribution in [3.05, 3.63) is 50.4 Å². The Morgan fingerprint density at radius 3 is 2.75 bits per heavy atom.